The minimum atomic E-state index is -0.739. The van der Waals surface area contributed by atoms with E-state index in [0.717, 1.165) is 0 Å². The number of hydrogen-bond acceptors (Lipinski definition) is 9. The molecule has 1 atom stereocenters. The maximum atomic E-state index is 13.8. The molecule has 0 unspecified atom stereocenters. The summed E-state index contributed by atoms with van der Waals surface area (Å²) in [5, 5.41) is 0. The highest BCUT2D eigenvalue weighted by Gasteiger charge is 2.33. The molecule has 2 aromatic carbocycles. The SMILES string of the molecule is C=CCOc1ccc([C@H]2C(C(=O)OCC)=C(C)N=c3sc(=Cc4ccc(OC(C)=O)c(OC)c4)c(=O)n32)cc1. The number of carbonyl (C=O) groups excluding carboxylic acids is 2. The van der Waals surface area contributed by atoms with Crippen LogP contribution in [0.3, 0.4) is 0 Å². The Morgan fingerprint density at radius 3 is 2.54 bits per heavy atom. The Labute approximate surface area is 228 Å². The van der Waals surface area contributed by atoms with Crippen LogP contribution in [0.5, 0.6) is 17.2 Å². The summed E-state index contributed by atoms with van der Waals surface area (Å²) < 4.78 is 23.4. The number of methoxy groups -OCH3 is 1. The van der Waals surface area contributed by atoms with Crippen molar-refractivity contribution in [2.24, 2.45) is 4.99 Å². The first-order valence-electron chi connectivity index (χ1n) is 12.2. The number of thiazole rings is 1. The quantitative estimate of drug-likeness (QED) is 0.230. The number of carbonyl (C=O) groups is 2. The molecule has 202 valence electrons. The van der Waals surface area contributed by atoms with Crippen molar-refractivity contribution in [1.82, 2.24) is 4.57 Å². The van der Waals surface area contributed by atoms with Gasteiger partial charge < -0.3 is 18.9 Å². The maximum absolute atomic E-state index is 13.8. The summed E-state index contributed by atoms with van der Waals surface area (Å²) in [6.45, 7) is 8.96. The third-order valence-corrected chi connectivity index (χ3v) is 6.80. The summed E-state index contributed by atoms with van der Waals surface area (Å²) in [5.41, 5.74) is 1.83. The average molecular weight is 549 g/mol. The molecule has 2 heterocycles. The van der Waals surface area contributed by atoms with Crippen molar-refractivity contribution in [3.8, 4) is 17.2 Å². The van der Waals surface area contributed by atoms with E-state index in [1.54, 1.807) is 56.3 Å². The molecule has 10 heteroatoms. The maximum Gasteiger partial charge on any atom is 0.338 e. The summed E-state index contributed by atoms with van der Waals surface area (Å²) in [7, 11) is 1.47. The average Bonchev–Trinajstić information content (AvgIpc) is 3.21. The molecule has 0 bridgehead atoms. The van der Waals surface area contributed by atoms with Crippen molar-refractivity contribution in [2.45, 2.75) is 26.8 Å². The first-order valence-corrected chi connectivity index (χ1v) is 13.0. The van der Waals surface area contributed by atoms with Crippen molar-refractivity contribution in [2.75, 3.05) is 20.3 Å². The van der Waals surface area contributed by atoms with E-state index in [-0.39, 0.29) is 17.9 Å². The monoisotopic (exact) mass is 548 g/mol. The molecular formula is C29H28N2O7S. The number of hydrogen-bond donors (Lipinski definition) is 0. The highest BCUT2D eigenvalue weighted by molar-refractivity contribution is 7.07. The summed E-state index contributed by atoms with van der Waals surface area (Å²) in [5.74, 6) is 0.261. The van der Waals surface area contributed by atoms with Gasteiger partial charge in [0.25, 0.3) is 5.56 Å². The van der Waals surface area contributed by atoms with Crippen molar-refractivity contribution in [1.29, 1.82) is 0 Å². The summed E-state index contributed by atoms with van der Waals surface area (Å²) in [6, 6.07) is 11.4. The van der Waals surface area contributed by atoms with Gasteiger partial charge in [0.2, 0.25) is 0 Å². The van der Waals surface area contributed by atoms with E-state index in [4.69, 9.17) is 18.9 Å². The van der Waals surface area contributed by atoms with E-state index < -0.39 is 18.0 Å². The van der Waals surface area contributed by atoms with Gasteiger partial charge in [-0.1, -0.05) is 42.2 Å². The Balaban J connectivity index is 1.85. The topological polar surface area (TPSA) is 105 Å². The predicted molar refractivity (Wildman–Crippen MR) is 147 cm³/mol. The van der Waals surface area contributed by atoms with E-state index in [9.17, 15) is 14.4 Å². The number of esters is 2. The lowest BCUT2D eigenvalue weighted by Gasteiger charge is -2.24. The van der Waals surface area contributed by atoms with Gasteiger partial charge in [-0.2, -0.15) is 0 Å². The number of nitrogens with zero attached hydrogens (tertiary/aromatic N) is 2. The normalized spacial score (nSPS) is 14.8. The largest absolute Gasteiger partial charge is 0.493 e. The zero-order valence-corrected chi connectivity index (χ0v) is 22.9. The van der Waals surface area contributed by atoms with Gasteiger partial charge in [-0.15, -0.1) is 0 Å². The van der Waals surface area contributed by atoms with Crippen LogP contribution in [0.25, 0.3) is 6.08 Å². The van der Waals surface area contributed by atoms with Gasteiger partial charge in [0.15, 0.2) is 16.3 Å². The number of aromatic nitrogens is 1. The molecule has 0 N–H and O–H groups in total. The Morgan fingerprint density at radius 2 is 1.90 bits per heavy atom. The number of rotatable bonds is 9. The van der Waals surface area contributed by atoms with Crippen LogP contribution in [0.15, 0.2) is 76.2 Å². The molecular weight excluding hydrogens is 520 g/mol. The Morgan fingerprint density at radius 1 is 1.15 bits per heavy atom. The van der Waals surface area contributed by atoms with Crippen molar-refractivity contribution in [3.63, 3.8) is 0 Å². The van der Waals surface area contributed by atoms with E-state index in [1.807, 2.05) is 12.1 Å². The van der Waals surface area contributed by atoms with Gasteiger partial charge in [-0.25, -0.2) is 9.79 Å². The molecule has 0 amide bonds. The third kappa shape index (κ3) is 5.85. The van der Waals surface area contributed by atoms with Gasteiger partial charge in [0.05, 0.1) is 35.6 Å². The predicted octanol–water partition coefficient (Wildman–Crippen LogP) is 3.30. The number of ether oxygens (including phenoxy) is 4. The first kappa shape index (κ1) is 27.6. The van der Waals surface area contributed by atoms with E-state index >= 15 is 0 Å². The van der Waals surface area contributed by atoms with E-state index in [2.05, 4.69) is 11.6 Å². The fourth-order valence-electron chi connectivity index (χ4n) is 4.17. The van der Waals surface area contributed by atoms with Crippen molar-refractivity contribution in [3.05, 3.63) is 97.2 Å². The van der Waals surface area contributed by atoms with Crippen molar-refractivity contribution < 1.29 is 28.5 Å². The lowest BCUT2D eigenvalue weighted by atomic mass is 9.96. The second-order valence-corrected chi connectivity index (χ2v) is 9.48. The lowest BCUT2D eigenvalue weighted by Crippen LogP contribution is -2.39. The van der Waals surface area contributed by atoms with Gasteiger partial charge in [-0.05, 0) is 55.3 Å². The molecule has 0 saturated carbocycles. The molecule has 0 fully saturated rings. The molecule has 1 aliphatic heterocycles. The van der Waals surface area contributed by atoms with Gasteiger partial charge >= 0.3 is 11.9 Å². The van der Waals surface area contributed by atoms with Crippen molar-refractivity contribution >= 4 is 29.4 Å². The third-order valence-electron chi connectivity index (χ3n) is 5.82. The molecule has 0 radical (unpaired) electrons. The Bertz CT molecular complexity index is 1630. The highest BCUT2D eigenvalue weighted by atomic mass is 32.1. The van der Waals surface area contributed by atoms with Gasteiger partial charge in [0.1, 0.15) is 12.4 Å². The Kier molecular flexibility index (Phi) is 8.46. The van der Waals surface area contributed by atoms with Crippen LogP contribution >= 0.6 is 11.3 Å². The molecule has 1 aliphatic rings. The van der Waals surface area contributed by atoms with E-state index in [0.29, 0.717) is 49.8 Å². The summed E-state index contributed by atoms with van der Waals surface area (Å²) in [4.78, 5) is 43.3. The summed E-state index contributed by atoms with van der Waals surface area (Å²) >= 11 is 1.21. The van der Waals surface area contributed by atoms with Crippen LogP contribution < -0.4 is 29.1 Å². The van der Waals surface area contributed by atoms with Crippen LogP contribution in [0.1, 0.15) is 37.9 Å². The molecule has 0 aliphatic carbocycles. The molecule has 9 nitrogen and oxygen atoms in total. The van der Waals surface area contributed by atoms with Crippen LogP contribution in [0.4, 0.5) is 0 Å². The molecule has 4 rings (SSSR count). The smallest absolute Gasteiger partial charge is 0.338 e. The number of allylic oxidation sites excluding steroid dienone is 1. The standard InChI is InChI=1S/C29H28N2O7S/c1-6-14-37-21-11-9-20(10-12-21)26-25(28(34)36-7-2)17(3)30-29-31(26)27(33)24(39-29)16-19-8-13-22(38-18(4)32)23(15-19)35-5/h6,8-13,15-16,26H,1,7,14H2,2-5H3/t26-/m0/s1. The Hall–Kier alpha value is -4.44. The van der Waals surface area contributed by atoms with Crippen LogP contribution in [0.2, 0.25) is 0 Å². The molecule has 0 spiro atoms. The van der Waals surface area contributed by atoms with Gasteiger partial charge in [0, 0.05) is 6.92 Å². The van der Waals surface area contributed by atoms with Gasteiger partial charge in [-0.3, -0.25) is 14.2 Å². The second kappa shape index (κ2) is 12.0. The lowest BCUT2D eigenvalue weighted by molar-refractivity contribution is -0.139. The number of fused-ring (bicyclic) bond motifs is 1. The highest BCUT2D eigenvalue weighted by Crippen LogP contribution is 2.32. The molecule has 0 saturated heterocycles. The molecule has 3 aromatic rings. The molecule has 1 aromatic heterocycles. The van der Waals surface area contributed by atoms with Crippen LogP contribution in [-0.4, -0.2) is 36.8 Å². The van der Waals surface area contributed by atoms with Crippen LogP contribution in [0, 0.1) is 0 Å². The number of benzene rings is 2. The fraction of sp³-hybridized carbons (Fsp3) is 0.241. The summed E-state index contributed by atoms with van der Waals surface area (Å²) in [6.07, 6.45) is 3.35. The molecule has 39 heavy (non-hydrogen) atoms. The fourth-order valence-corrected chi connectivity index (χ4v) is 5.22. The van der Waals surface area contributed by atoms with Crippen LogP contribution in [-0.2, 0) is 14.3 Å². The second-order valence-electron chi connectivity index (χ2n) is 8.47. The van der Waals surface area contributed by atoms with E-state index in [1.165, 1.54) is 29.9 Å². The zero-order valence-electron chi connectivity index (χ0n) is 22.1. The zero-order chi connectivity index (χ0) is 28.1. The minimum Gasteiger partial charge on any atom is -0.493 e. The minimum absolute atomic E-state index is 0.187. The first-order chi connectivity index (χ1) is 18.8.